The zero-order valence-corrected chi connectivity index (χ0v) is 17.3. The first-order chi connectivity index (χ1) is 14.7. The van der Waals surface area contributed by atoms with E-state index in [4.69, 9.17) is 4.74 Å². The molecule has 3 aromatic rings. The molecule has 1 saturated heterocycles. The number of aryl methyl sites for hydroxylation is 1. The third-order valence-corrected chi connectivity index (χ3v) is 5.48. The van der Waals surface area contributed by atoms with Gasteiger partial charge >= 0.3 is 0 Å². The predicted octanol–water partition coefficient (Wildman–Crippen LogP) is 3.66. The molecule has 30 heavy (non-hydrogen) atoms. The first-order valence-corrected chi connectivity index (χ1v) is 10.3. The van der Waals surface area contributed by atoms with Crippen molar-refractivity contribution in [3.8, 4) is 17.1 Å². The maximum Gasteiger partial charge on any atom is 0.225 e. The summed E-state index contributed by atoms with van der Waals surface area (Å²) in [7, 11) is 0. The van der Waals surface area contributed by atoms with Gasteiger partial charge < -0.3 is 9.64 Å². The van der Waals surface area contributed by atoms with Gasteiger partial charge in [0.05, 0.1) is 5.69 Å². The van der Waals surface area contributed by atoms with Gasteiger partial charge in [-0.15, -0.1) is 0 Å². The van der Waals surface area contributed by atoms with Crippen LogP contribution < -0.4 is 9.64 Å². The monoisotopic (exact) mass is 403 g/mol. The average Bonchev–Trinajstić information content (AvgIpc) is 2.81. The van der Waals surface area contributed by atoms with Gasteiger partial charge in [0.1, 0.15) is 12.4 Å². The van der Waals surface area contributed by atoms with Crippen molar-refractivity contribution in [2.75, 3.05) is 18.0 Å². The zero-order chi connectivity index (χ0) is 20.9. The molecule has 0 bridgehead atoms. The Hall–Kier alpha value is -3.35. The van der Waals surface area contributed by atoms with Crippen molar-refractivity contribution in [1.29, 1.82) is 0 Å². The van der Waals surface area contributed by atoms with E-state index in [0.717, 1.165) is 67.0 Å². The number of nitrogens with zero attached hydrogens (tertiary/aromatic N) is 5. The molecule has 1 aromatic carbocycles. The lowest BCUT2D eigenvalue weighted by Crippen LogP contribution is -2.39. The normalized spacial score (nSPS) is 14.5. The fraction of sp³-hybridized carbons (Fsp3) is 0.348. The third-order valence-electron chi connectivity index (χ3n) is 5.48. The smallest absolute Gasteiger partial charge is 0.225 e. The van der Waals surface area contributed by atoms with Gasteiger partial charge in [-0.3, -0.25) is 4.79 Å². The molecule has 1 fully saturated rings. The van der Waals surface area contributed by atoms with Crippen LogP contribution in [0.1, 0.15) is 41.3 Å². The predicted molar refractivity (Wildman–Crippen MR) is 115 cm³/mol. The van der Waals surface area contributed by atoms with Crippen molar-refractivity contribution < 1.29 is 9.53 Å². The Bertz CT molecular complexity index is 1010. The summed E-state index contributed by atoms with van der Waals surface area (Å²) in [5.41, 5.74) is 4.10. The Balaban J connectivity index is 1.45. The molecule has 1 aliphatic heterocycles. The zero-order valence-electron chi connectivity index (χ0n) is 17.3. The van der Waals surface area contributed by atoms with Gasteiger partial charge in [-0.1, -0.05) is 31.2 Å². The first kappa shape index (κ1) is 19.9. The van der Waals surface area contributed by atoms with Crippen LogP contribution in [0.3, 0.4) is 0 Å². The maximum absolute atomic E-state index is 11.4. The Morgan fingerprint density at radius 2 is 1.83 bits per heavy atom. The van der Waals surface area contributed by atoms with E-state index in [0.29, 0.717) is 11.4 Å². The molecular weight excluding hydrogens is 378 g/mol. The summed E-state index contributed by atoms with van der Waals surface area (Å²) in [4.78, 5) is 31.3. The number of hydrogen-bond acceptors (Lipinski definition) is 7. The van der Waals surface area contributed by atoms with Crippen LogP contribution in [0, 0.1) is 6.92 Å². The molecule has 3 heterocycles. The van der Waals surface area contributed by atoms with Crippen molar-refractivity contribution in [2.45, 2.75) is 39.2 Å². The fourth-order valence-electron chi connectivity index (χ4n) is 3.67. The second-order valence-electron chi connectivity index (χ2n) is 7.41. The van der Waals surface area contributed by atoms with E-state index >= 15 is 0 Å². The van der Waals surface area contributed by atoms with E-state index in [1.807, 2.05) is 37.5 Å². The minimum atomic E-state index is 0.0685. The Labute approximate surface area is 176 Å². The molecule has 0 amide bonds. The molecule has 1 aliphatic rings. The molecule has 154 valence electrons. The van der Waals surface area contributed by atoms with Crippen LogP contribution in [-0.4, -0.2) is 45.4 Å². The van der Waals surface area contributed by atoms with Crippen molar-refractivity contribution in [1.82, 2.24) is 19.9 Å². The maximum atomic E-state index is 11.4. The lowest BCUT2D eigenvalue weighted by atomic mass is 10.0. The second-order valence-corrected chi connectivity index (χ2v) is 7.41. The molecule has 0 atom stereocenters. The largest absolute Gasteiger partial charge is 0.474 e. The fourth-order valence-corrected chi connectivity index (χ4v) is 3.67. The SMILES string of the molecule is CCc1cnc(N2CCC(Oc3ncnc(-c4ccccc4C=O)c3C)CC2)nc1. The van der Waals surface area contributed by atoms with Crippen molar-refractivity contribution in [3.63, 3.8) is 0 Å². The topological polar surface area (TPSA) is 81.1 Å². The lowest BCUT2D eigenvalue weighted by Gasteiger charge is -2.32. The molecular formula is C23H25N5O2. The molecule has 0 aliphatic carbocycles. The van der Waals surface area contributed by atoms with E-state index in [9.17, 15) is 4.79 Å². The first-order valence-electron chi connectivity index (χ1n) is 10.3. The Morgan fingerprint density at radius 1 is 1.10 bits per heavy atom. The molecule has 0 unspecified atom stereocenters. The highest BCUT2D eigenvalue weighted by atomic mass is 16.5. The number of carbonyl (C=O) groups is 1. The number of carbonyl (C=O) groups excluding carboxylic acids is 1. The summed E-state index contributed by atoms with van der Waals surface area (Å²) in [6.07, 6.45) is 8.87. The van der Waals surface area contributed by atoms with Crippen LogP contribution in [0.25, 0.3) is 11.3 Å². The number of piperidine rings is 1. The molecule has 0 N–H and O–H groups in total. The molecule has 0 saturated carbocycles. The lowest BCUT2D eigenvalue weighted by molar-refractivity contribution is 0.112. The van der Waals surface area contributed by atoms with Gasteiger partial charge in [-0.2, -0.15) is 0 Å². The number of ether oxygens (including phenoxy) is 1. The van der Waals surface area contributed by atoms with Crippen LogP contribution >= 0.6 is 0 Å². The number of aromatic nitrogens is 4. The molecule has 0 spiro atoms. The van der Waals surface area contributed by atoms with Crippen LogP contribution in [0.2, 0.25) is 0 Å². The third kappa shape index (κ3) is 4.15. The average molecular weight is 403 g/mol. The number of rotatable bonds is 6. The molecule has 7 nitrogen and oxygen atoms in total. The highest BCUT2D eigenvalue weighted by Crippen LogP contribution is 2.29. The molecule has 0 radical (unpaired) electrons. The summed E-state index contributed by atoms with van der Waals surface area (Å²) in [6.45, 7) is 5.70. The van der Waals surface area contributed by atoms with Gasteiger partial charge in [0.15, 0.2) is 6.29 Å². The summed E-state index contributed by atoms with van der Waals surface area (Å²) >= 11 is 0. The standard InChI is InChI=1S/C23H25N5O2/c1-3-17-12-24-23(25-13-17)28-10-8-19(9-11-28)30-22-16(2)21(26-15-27-22)20-7-5-4-6-18(20)14-29/h4-7,12-15,19H,3,8-11H2,1-2H3. The van der Waals surface area contributed by atoms with Crippen LogP contribution in [-0.2, 0) is 6.42 Å². The summed E-state index contributed by atoms with van der Waals surface area (Å²) in [6, 6.07) is 7.42. The minimum Gasteiger partial charge on any atom is -0.474 e. The number of benzene rings is 1. The summed E-state index contributed by atoms with van der Waals surface area (Å²) in [5.74, 6) is 1.35. The summed E-state index contributed by atoms with van der Waals surface area (Å²) < 4.78 is 6.24. The number of hydrogen-bond donors (Lipinski definition) is 0. The quantitative estimate of drug-likeness (QED) is 0.581. The Kier molecular flexibility index (Phi) is 5.97. The van der Waals surface area contributed by atoms with Crippen LogP contribution in [0.15, 0.2) is 43.0 Å². The van der Waals surface area contributed by atoms with Crippen LogP contribution in [0.4, 0.5) is 5.95 Å². The van der Waals surface area contributed by atoms with Gasteiger partial charge in [0, 0.05) is 55.0 Å². The van der Waals surface area contributed by atoms with E-state index in [1.165, 1.54) is 6.33 Å². The van der Waals surface area contributed by atoms with Gasteiger partial charge in [-0.25, -0.2) is 19.9 Å². The van der Waals surface area contributed by atoms with E-state index in [2.05, 4.69) is 31.8 Å². The van der Waals surface area contributed by atoms with Gasteiger partial charge in [0.2, 0.25) is 11.8 Å². The summed E-state index contributed by atoms with van der Waals surface area (Å²) in [5, 5.41) is 0. The van der Waals surface area contributed by atoms with E-state index in [1.54, 1.807) is 6.07 Å². The van der Waals surface area contributed by atoms with Gasteiger partial charge in [-0.05, 0) is 18.9 Å². The highest BCUT2D eigenvalue weighted by molar-refractivity contribution is 5.87. The molecule has 2 aromatic heterocycles. The molecule has 4 rings (SSSR count). The minimum absolute atomic E-state index is 0.0685. The highest BCUT2D eigenvalue weighted by Gasteiger charge is 2.24. The van der Waals surface area contributed by atoms with Crippen molar-refractivity contribution in [2.24, 2.45) is 0 Å². The van der Waals surface area contributed by atoms with E-state index < -0.39 is 0 Å². The number of anilines is 1. The second kappa shape index (κ2) is 8.98. The van der Waals surface area contributed by atoms with Crippen molar-refractivity contribution in [3.05, 3.63) is 59.7 Å². The van der Waals surface area contributed by atoms with Crippen LogP contribution in [0.5, 0.6) is 5.88 Å². The number of aldehydes is 1. The van der Waals surface area contributed by atoms with E-state index in [-0.39, 0.29) is 6.10 Å². The molecule has 7 heteroatoms. The Morgan fingerprint density at radius 3 is 2.53 bits per heavy atom. The van der Waals surface area contributed by atoms with Crippen molar-refractivity contribution >= 4 is 12.2 Å². The van der Waals surface area contributed by atoms with Gasteiger partial charge in [0.25, 0.3) is 0 Å².